The van der Waals surface area contributed by atoms with Gasteiger partial charge >= 0.3 is 23.9 Å². The molecule has 0 aromatic carbocycles. The van der Waals surface area contributed by atoms with Gasteiger partial charge in [-0.2, -0.15) is 0 Å². The van der Waals surface area contributed by atoms with Gasteiger partial charge in [0, 0.05) is 12.8 Å². The lowest BCUT2D eigenvalue weighted by molar-refractivity contribution is -0.161. The zero-order chi connectivity index (χ0) is 62.7. The van der Waals surface area contributed by atoms with E-state index in [4.69, 9.17) is 24.1 Å². The first-order valence-electron chi connectivity index (χ1n) is 27.2. The molecule has 0 saturated carbocycles. The first-order chi connectivity index (χ1) is 38.2. The second kappa shape index (κ2) is 36.3. The molecule has 0 amide bonds. The fourth-order valence-electron chi connectivity index (χ4n) is 8.38. The van der Waals surface area contributed by atoms with Crippen LogP contribution in [0.2, 0.25) is 0 Å². The molecular weight excluding hydrogens is 1060 g/mol. The first-order valence-corrected chi connectivity index (χ1v) is 27.2. The zero-order valence-corrected chi connectivity index (χ0v) is 49.4. The number of allylic oxidation sites excluding steroid dienone is 20. The van der Waals surface area contributed by atoms with Gasteiger partial charge in [-0.05, 0) is 81.1 Å². The molecule has 9 N–H and O–H groups in total. The van der Waals surface area contributed by atoms with E-state index in [0.717, 1.165) is 33.4 Å². The number of ketones is 2. The van der Waals surface area contributed by atoms with E-state index in [1.807, 2.05) is 134 Å². The van der Waals surface area contributed by atoms with Crippen molar-refractivity contribution in [3.05, 3.63) is 143 Å². The standard InChI is InChI=1S/C38H52O10.C25H38O9/c1-8-9-13-25(2)14-10-11-15-26(3)16-12-17-27(4)18-19-29-28(5)35(44)32(22-38(29,6)7)48-34(43)21-20-33(42)47-24-31(41)37(46)36(45)30(40)23-39;1-7-17(26)23(31)24(32)18(27)13-33-20(28)10-11-21(29)34-19-12-25(5,6)16(9-8-14(2)3)15(4)22(19)30/h8-19,30-32,36-37,39-41,45-46H,1,20-24H2,2-7H3;8-9,17-19,23-24,26-27,31-32H,2,7,10-13H2,1,3-6H3/b11-10+,13-9+,16-12+,19-18+,25-14+,26-15+,27-17+;9-8+. The molecule has 19 nitrogen and oxygen atoms in total. The second-order valence-electron chi connectivity index (χ2n) is 21.7. The molecule has 0 aliphatic heterocycles. The van der Waals surface area contributed by atoms with Crippen LogP contribution in [-0.2, 0) is 47.7 Å². The molecule has 0 aromatic rings. The summed E-state index contributed by atoms with van der Waals surface area (Å²) in [5.41, 5.74) is 5.81. The summed E-state index contributed by atoms with van der Waals surface area (Å²) in [7, 11) is 0. The molecule has 19 heteroatoms. The van der Waals surface area contributed by atoms with Gasteiger partial charge in [0.25, 0.3) is 0 Å². The highest BCUT2D eigenvalue weighted by molar-refractivity contribution is 6.02. The zero-order valence-electron chi connectivity index (χ0n) is 49.4. The lowest BCUT2D eigenvalue weighted by Gasteiger charge is -2.36. The average molecular weight is 1150 g/mol. The largest absolute Gasteiger partial charge is 0.463 e. The maximum atomic E-state index is 13.1. The third-order valence-electron chi connectivity index (χ3n) is 13.4. The summed E-state index contributed by atoms with van der Waals surface area (Å²) >= 11 is 0. The summed E-state index contributed by atoms with van der Waals surface area (Å²) in [5, 5.41) is 86.3. The van der Waals surface area contributed by atoms with Crippen molar-refractivity contribution in [2.24, 2.45) is 10.8 Å². The number of hydrogen-bond donors (Lipinski definition) is 9. The minimum absolute atomic E-state index is 0.162. The maximum absolute atomic E-state index is 13.1. The van der Waals surface area contributed by atoms with Crippen molar-refractivity contribution in [3.63, 3.8) is 0 Å². The summed E-state index contributed by atoms with van der Waals surface area (Å²) in [6.45, 7) is 25.9. The van der Waals surface area contributed by atoms with E-state index >= 15 is 0 Å². The van der Waals surface area contributed by atoms with Crippen LogP contribution in [0.15, 0.2) is 143 Å². The van der Waals surface area contributed by atoms with E-state index in [2.05, 4.69) is 13.2 Å². The molecule has 2 aliphatic carbocycles. The van der Waals surface area contributed by atoms with E-state index in [1.165, 1.54) is 0 Å². The molecule has 82 heavy (non-hydrogen) atoms. The number of carbonyl (C=O) groups excluding carboxylic acids is 6. The Kier molecular flexibility index (Phi) is 32.7. The third-order valence-corrected chi connectivity index (χ3v) is 13.4. The Morgan fingerprint density at radius 2 is 0.902 bits per heavy atom. The molecule has 0 radical (unpaired) electrons. The predicted octanol–water partition coefficient (Wildman–Crippen LogP) is 5.75. The molecule has 0 bridgehead atoms. The highest BCUT2D eigenvalue weighted by Gasteiger charge is 2.41. The first kappa shape index (κ1) is 73.8. The number of rotatable bonds is 30. The number of Topliss-reactive ketones (excluding diaryl/α,β-unsaturated/α-hetero) is 2. The molecule has 10 unspecified atom stereocenters. The average Bonchev–Trinajstić information content (AvgIpc) is 3.49. The number of hydrogen-bond acceptors (Lipinski definition) is 19. The van der Waals surface area contributed by atoms with Crippen molar-refractivity contribution >= 4 is 35.4 Å². The van der Waals surface area contributed by atoms with Crippen LogP contribution < -0.4 is 0 Å². The van der Waals surface area contributed by atoms with Crippen LogP contribution in [0.25, 0.3) is 0 Å². The summed E-state index contributed by atoms with van der Waals surface area (Å²) in [6.07, 6.45) is 11.0. The lowest BCUT2D eigenvalue weighted by atomic mass is 9.71. The van der Waals surface area contributed by atoms with E-state index < -0.39 is 122 Å². The lowest BCUT2D eigenvalue weighted by Crippen LogP contribution is -2.47. The van der Waals surface area contributed by atoms with Crippen LogP contribution in [0.1, 0.15) is 121 Å². The third kappa shape index (κ3) is 25.9. The van der Waals surface area contributed by atoms with Crippen LogP contribution in [0.4, 0.5) is 0 Å². The Morgan fingerprint density at radius 1 is 0.549 bits per heavy atom. The van der Waals surface area contributed by atoms with Gasteiger partial charge in [-0.3, -0.25) is 28.8 Å². The van der Waals surface area contributed by atoms with Crippen molar-refractivity contribution in [2.45, 2.75) is 182 Å². The molecule has 456 valence electrons. The molecule has 0 spiro atoms. The van der Waals surface area contributed by atoms with E-state index in [9.17, 15) is 69.6 Å². The van der Waals surface area contributed by atoms with E-state index in [0.29, 0.717) is 17.6 Å². The van der Waals surface area contributed by atoms with Gasteiger partial charge < -0.3 is 64.9 Å². The summed E-state index contributed by atoms with van der Waals surface area (Å²) < 4.78 is 20.4. The van der Waals surface area contributed by atoms with Crippen LogP contribution in [0.3, 0.4) is 0 Å². The fourth-order valence-corrected chi connectivity index (χ4v) is 8.38. The van der Waals surface area contributed by atoms with Crippen LogP contribution in [0, 0.1) is 10.8 Å². The Balaban J connectivity index is 0.000000869. The van der Waals surface area contributed by atoms with Crippen LogP contribution in [-0.4, -0.2) is 162 Å². The van der Waals surface area contributed by atoms with Crippen molar-refractivity contribution < 1.29 is 93.7 Å². The number of aliphatic hydroxyl groups is 9. The second-order valence-corrected chi connectivity index (χ2v) is 21.7. The molecule has 0 heterocycles. The van der Waals surface area contributed by atoms with Gasteiger partial charge in [0.1, 0.15) is 55.9 Å². The Bertz CT molecular complexity index is 2530. The predicted molar refractivity (Wildman–Crippen MR) is 310 cm³/mol. The van der Waals surface area contributed by atoms with Gasteiger partial charge in [-0.15, -0.1) is 0 Å². The highest BCUT2D eigenvalue weighted by atomic mass is 16.6. The van der Waals surface area contributed by atoms with Crippen molar-refractivity contribution in [3.8, 4) is 0 Å². The van der Waals surface area contributed by atoms with Crippen molar-refractivity contribution in [1.29, 1.82) is 0 Å². The molecule has 0 fully saturated rings. The van der Waals surface area contributed by atoms with E-state index in [1.54, 1.807) is 26.8 Å². The monoisotopic (exact) mass is 1150 g/mol. The van der Waals surface area contributed by atoms with Crippen LogP contribution in [0.5, 0.6) is 0 Å². The van der Waals surface area contributed by atoms with E-state index in [-0.39, 0.29) is 43.7 Å². The van der Waals surface area contributed by atoms with Gasteiger partial charge in [0.15, 0.2) is 23.8 Å². The van der Waals surface area contributed by atoms with Gasteiger partial charge in [0.2, 0.25) is 0 Å². The number of ether oxygens (including phenoxy) is 4. The SMILES string of the molecule is C=C(C)/C=C/C1=C(C)C(=O)C(OC(=O)CCC(=O)OCC(O)C(O)C(O)C(O)CC)CC1(C)C.C=C/C=C/C(C)=C/C=C/C=C(C)/C=C/C=C(C)/C=C/C1=C(C)C(=O)C(OC(=O)CCC(=O)OCC(O)C(O)C(O)C(O)CO)CC1(C)C. The quantitative estimate of drug-likeness (QED) is 0.0235. The smallest absolute Gasteiger partial charge is 0.307 e. The normalized spacial score (nSPS) is 21.0. The number of aliphatic hydroxyl groups excluding tert-OH is 9. The fraction of sp³-hybridized carbons (Fsp3) is 0.524. The van der Waals surface area contributed by atoms with Crippen molar-refractivity contribution in [1.82, 2.24) is 0 Å². The van der Waals surface area contributed by atoms with Gasteiger partial charge in [-0.1, -0.05) is 155 Å². The topological polar surface area (TPSA) is 321 Å². The maximum Gasteiger partial charge on any atom is 0.307 e. The minimum atomic E-state index is -1.88. The Hall–Kier alpha value is -6.26. The number of carbonyl (C=O) groups is 6. The molecule has 2 rings (SSSR count). The van der Waals surface area contributed by atoms with Crippen molar-refractivity contribution in [2.75, 3.05) is 19.8 Å². The molecule has 10 atom stereocenters. The highest BCUT2D eigenvalue weighted by Crippen LogP contribution is 2.42. The summed E-state index contributed by atoms with van der Waals surface area (Å²) in [4.78, 5) is 74.5. The molecular formula is C63H90O19. The Morgan fingerprint density at radius 3 is 1.29 bits per heavy atom. The molecule has 0 aromatic heterocycles. The summed E-state index contributed by atoms with van der Waals surface area (Å²) in [5.74, 6) is -3.82. The van der Waals surface area contributed by atoms with Gasteiger partial charge in [0.05, 0.1) is 38.4 Å². The number of esters is 4. The summed E-state index contributed by atoms with van der Waals surface area (Å²) in [6, 6.07) is 0. The van der Waals surface area contributed by atoms with Crippen LogP contribution >= 0.6 is 0 Å². The van der Waals surface area contributed by atoms with Gasteiger partial charge in [-0.25, -0.2) is 0 Å². The molecule has 0 saturated heterocycles. The Labute approximate surface area is 483 Å². The minimum Gasteiger partial charge on any atom is -0.463 e. The molecule has 2 aliphatic rings.